The van der Waals surface area contributed by atoms with Crippen LogP contribution >= 0.6 is 35.3 Å². The molecule has 0 amide bonds. The number of nitro groups is 1. The predicted molar refractivity (Wildman–Crippen MR) is 143 cm³/mol. The number of thioether (sulfide) groups is 3. The number of ether oxygens (including phenoxy) is 3. The van der Waals surface area contributed by atoms with Crippen LogP contribution in [-0.4, -0.2) is 67.4 Å². The highest BCUT2D eigenvalue weighted by molar-refractivity contribution is 8.00. The molecule has 3 aromatic rings. The molecule has 12 nitrogen and oxygen atoms in total. The van der Waals surface area contributed by atoms with E-state index < -0.39 is 28.6 Å². The van der Waals surface area contributed by atoms with E-state index in [1.54, 1.807) is 30.6 Å². The van der Waals surface area contributed by atoms with Crippen LogP contribution in [0.1, 0.15) is 17.7 Å². The molecule has 38 heavy (non-hydrogen) atoms. The van der Waals surface area contributed by atoms with Gasteiger partial charge >= 0.3 is 23.6 Å². The summed E-state index contributed by atoms with van der Waals surface area (Å²) < 4.78 is 16.2. The molecule has 0 saturated carbocycles. The van der Waals surface area contributed by atoms with Gasteiger partial charge in [0, 0.05) is 47.9 Å². The van der Waals surface area contributed by atoms with Gasteiger partial charge < -0.3 is 24.3 Å². The maximum atomic E-state index is 12.0. The van der Waals surface area contributed by atoms with Crippen molar-refractivity contribution < 1.29 is 28.7 Å². The Morgan fingerprint density at radius 3 is 2.58 bits per heavy atom. The van der Waals surface area contributed by atoms with Crippen LogP contribution in [0.5, 0.6) is 11.8 Å². The van der Waals surface area contributed by atoms with E-state index in [9.17, 15) is 19.7 Å². The number of hydrogen-bond donors (Lipinski definition) is 0. The number of methoxy groups -OCH3 is 1. The lowest BCUT2D eigenvalue weighted by atomic mass is 10.2. The number of rotatable bonds is 12. The SMILES string of the molecule is COCCSCc1nccc(SCCCSc2cc3nn4c([N+](=O)[O-])c(nc24)OC(=O)C=CC(=O)O3)c1C. The molecule has 0 fully saturated rings. The van der Waals surface area contributed by atoms with E-state index in [1.165, 1.54) is 28.3 Å². The molecule has 200 valence electrons. The molecule has 0 saturated heterocycles. The average Bonchev–Trinajstić information content (AvgIpc) is 3.23. The molecule has 3 bridgehead atoms. The third-order valence-corrected chi connectivity index (χ3v) is 8.42. The second kappa shape index (κ2) is 13.1. The highest BCUT2D eigenvalue weighted by Crippen LogP contribution is 2.35. The Kier molecular flexibility index (Phi) is 9.60. The van der Waals surface area contributed by atoms with Gasteiger partial charge in [0.15, 0.2) is 0 Å². The van der Waals surface area contributed by atoms with Gasteiger partial charge in [-0.3, -0.25) is 4.98 Å². The maximum Gasteiger partial charge on any atom is 0.414 e. The fraction of sp³-hybridized carbons (Fsp3) is 0.348. The van der Waals surface area contributed by atoms with Crippen molar-refractivity contribution in [3.63, 3.8) is 0 Å². The Morgan fingerprint density at radius 2 is 1.84 bits per heavy atom. The minimum atomic E-state index is -0.997. The zero-order chi connectivity index (χ0) is 27.1. The van der Waals surface area contributed by atoms with E-state index in [1.807, 2.05) is 12.3 Å². The third-order valence-electron chi connectivity index (χ3n) is 5.14. The van der Waals surface area contributed by atoms with Gasteiger partial charge in [-0.25, -0.2) is 9.59 Å². The molecule has 0 aromatic carbocycles. The standard InChI is InChI=1S/C23H23N5O7S3/c1-14-15(13-36-11-8-33-2)24-7-6-16(14)37-9-3-10-38-17-12-18-26-27-21(17)25-22(23(27)28(31)32)35-20(30)5-4-19(29)34-18/h4-7,12H,3,8-11,13H2,1-2H3. The summed E-state index contributed by atoms with van der Waals surface area (Å²) in [6.45, 7) is 2.78. The van der Waals surface area contributed by atoms with Crippen molar-refractivity contribution in [2.45, 2.75) is 28.9 Å². The molecule has 1 aliphatic heterocycles. The van der Waals surface area contributed by atoms with E-state index in [0.29, 0.717) is 17.3 Å². The number of esters is 2. The monoisotopic (exact) mass is 577 g/mol. The summed E-state index contributed by atoms with van der Waals surface area (Å²) in [5.74, 6) is 0.0583. The molecule has 0 unspecified atom stereocenters. The van der Waals surface area contributed by atoms with Crippen molar-refractivity contribution in [1.82, 2.24) is 19.6 Å². The highest BCUT2D eigenvalue weighted by Gasteiger charge is 2.31. The summed E-state index contributed by atoms with van der Waals surface area (Å²) in [4.78, 5) is 45.2. The van der Waals surface area contributed by atoms with Gasteiger partial charge in [0.25, 0.3) is 11.5 Å². The molecule has 15 heteroatoms. The molecular formula is C23H23N5O7S3. The van der Waals surface area contributed by atoms with Crippen molar-refractivity contribution in [3.05, 3.63) is 51.9 Å². The Morgan fingerprint density at radius 1 is 1.11 bits per heavy atom. The van der Waals surface area contributed by atoms with E-state index in [-0.39, 0.29) is 11.5 Å². The first-order chi connectivity index (χ1) is 18.4. The van der Waals surface area contributed by atoms with E-state index in [2.05, 4.69) is 22.0 Å². The lowest BCUT2D eigenvalue weighted by molar-refractivity contribution is -0.391. The maximum absolute atomic E-state index is 12.0. The van der Waals surface area contributed by atoms with Crippen LogP contribution in [0.25, 0.3) is 5.65 Å². The molecule has 1 aliphatic rings. The van der Waals surface area contributed by atoms with Crippen LogP contribution in [0, 0.1) is 17.0 Å². The van der Waals surface area contributed by atoms with Gasteiger partial charge in [-0.2, -0.15) is 16.7 Å². The molecule has 0 aliphatic carbocycles. The first kappa shape index (κ1) is 27.9. The normalized spacial score (nSPS) is 13.1. The van der Waals surface area contributed by atoms with E-state index in [4.69, 9.17) is 14.2 Å². The quantitative estimate of drug-likeness (QED) is 0.101. The molecule has 0 radical (unpaired) electrons. The van der Waals surface area contributed by atoms with E-state index in [0.717, 1.165) is 46.0 Å². The number of fused-ring (bicyclic) bond motifs is 2. The van der Waals surface area contributed by atoms with Crippen molar-refractivity contribution in [2.75, 3.05) is 31.0 Å². The second-order valence-electron chi connectivity index (χ2n) is 7.73. The summed E-state index contributed by atoms with van der Waals surface area (Å²) in [6, 6.07) is 3.50. The summed E-state index contributed by atoms with van der Waals surface area (Å²) in [5.41, 5.74) is 2.36. The summed E-state index contributed by atoms with van der Waals surface area (Å²) in [5, 5.41) is 15.7. The third kappa shape index (κ3) is 6.83. The van der Waals surface area contributed by atoms with Crippen molar-refractivity contribution in [1.29, 1.82) is 0 Å². The first-order valence-corrected chi connectivity index (χ1v) is 14.5. The van der Waals surface area contributed by atoms with Gasteiger partial charge in [-0.05, 0) is 46.5 Å². The number of carbonyl (C=O) groups is 2. The second-order valence-corrected chi connectivity index (χ2v) is 11.1. The number of hydrogen-bond acceptors (Lipinski definition) is 13. The fourth-order valence-corrected chi connectivity index (χ4v) is 6.37. The number of nitrogens with zero attached hydrogens (tertiary/aromatic N) is 5. The Labute approximate surface area is 230 Å². The van der Waals surface area contributed by atoms with Crippen LogP contribution in [0.2, 0.25) is 0 Å². The minimum Gasteiger partial charge on any atom is -0.400 e. The summed E-state index contributed by atoms with van der Waals surface area (Å²) in [6.07, 6.45) is 4.30. The molecule has 3 aromatic heterocycles. The Balaban J connectivity index is 1.44. The van der Waals surface area contributed by atoms with Gasteiger partial charge in [0.1, 0.15) is 0 Å². The molecular weight excluding hydrogens is 554 g/mol. The lowest BCUT2D eigenvalue weighted by Crippen LogP contribution is -2.10. The van der Waals surface area contributed by atoms with Gasteiger partial charge in [0.05, 0.1) is 17.2 Å². The summed E-state index contributed by atoms with van der Waals surface area (Å²) >= 11 is 4.90. The molecule has 0 atom stereocenters. The summed E-state index contributed by atoms with van der Waals surface area (Å²) in [7, 11) is 1.69. The number of carbonyl (C=O) groups excluding carboxylic acids is 2. The zero-order valence-corrected chi connectivity index (χ0v) is 22.9. The van der Waals surface area contributed by atoms with E-state index >= 15 is 0 Å². The molecule has 4 rings (SSSR count). The Bertz CT molecular complexity index is 1400. The Hall–Kier alpha value is -3.14. The molecule has 0 N–H and O–H groups in total. The smallest absolute Gasteiger partial charge is 0.400 e. The van der Waals surface area contributed by atoms with Crippen LogP contribution in [0.4, 0.5) is 5.82 Å². The van der Waals surface area contributed by atoms with Crippen molar-refractivity contribution in [3.8, 4) is 11.8 Å². The number of pyridine rings is 1. The average molecular weight is 578 g/mol. The van der Waals surface area contributed by atoms with Crippen molar-refractivity contribution >= 4 is 58.7 Å². The predicted octanol–water partition coefficient (Wildman–Crippen LogP) is 3.88. The van der Waals surface area contributed by atoms with Crippen LogP contribution in [-0.2, 0) is 20.1 Å². The first-order valence-electron chi connectivity index (χ1n) is 11.3. The fourth-order valence-electron chi connectivity index (χ4n) is 3.32. The molecule has 0 spiro atoms. The molecule has 4 heterocycles. The lowest BCUT2D eigenvalue weighted by Gasteiger charge is -2.10. The minimum absolute atomic E-state index is 0.127. The largest absolute Gasteiger partial charge is 0.414 e. The zero-order valence-electron chi connectivity index (χ0n) is 20.4. The highest BCUT2D eigenvalue weighted by atomic mass is 32.2. The number of imidazole rings is 1. The van der Waals surface area contributed by atoms with Gasteiger partial charge in [-0.1, -0.05) is 4.52 Å². The van der Waals surface area contributed by atoms with Crippen molar-refractivity contribution in [2.24, 2.45) is 0 Å². The van der Waals surface area contributed by atoms with Crippen LogP contribution in [0.15, 0.2) is 40.3 Å². The topological polar surface area (TPSA) is 148 Å². The van der Waals surface area contributed by atoms with Crippen LogP contribution in [0.3, 0.4) is 0 Å². The van der Waals surface area contributed by atoms with Gasteiger partial charge in [0.2, 0.25) is 0 Å². The van der Waals surface area contributed by atoms with Gasteiger partial charge in [-0.15, -0.1) is 23.5 Å². The van der Waals surface area contributed by atoms with Crippen LogP contribution < -0.4 is 9.47 Å². The number of aromatic nitrogens is 4.